The predicted molar refractivity (Wildman–Crippen MR) is 155 cm³/mol. The summed E-state index contributed by atoms with van der Waals surface area (Å²) in [5.41, 5.74) is 4.64. The lowest BCUT2D eigenvalue weighted by Gasteiger charge is -2.22. The van der Waals surface area contributed by atoms with Gasteiger partial charge in [-0.05, 0) is 90.8 Å². The van der Waals surface area contributed by atoms with Crippen molar-refractivity contribution in [3.05, 3.63) is 120 Å². The minimum absolute atomic E-state index is 0.0270. The molecular weight excluding hydrogens is 508 g/mol. The Morgan fingerprint density at radius 3 is 2.23 bits per heavy atom. The SMILES string of the molecule is COc1ccc(C(Cc2ccncc2)c2ccc(NS(=O)(=O)Cc3ccccc3)cc2)cc1OC1CCCC1. The molecule has 0 amide bonds. The van der Waals surface area contributed by atoms with Crippen LogP contribution in [-0.2, 0) is 22.2 Å². The van der Waals surface area contributed by atoms with Gasteiger partial charge in [-0.2, -0.15) is 0 Å². The smallest absolute Gasteiger partial charge is 0.236 e. The summed E-state index contributed by atoms with van der Waals surface area (Å²) in [6.45, 7) is 0. The Bertz CT molecular complexity index is 1450. The molecule has 1 saturated carbocycles. The van der Waals surface area contributed by atoms with Crippen LogP contribution in [-0.4, -0.2) is 26.6 Å². The van der Waals surface area contributed by atoms with Crippen molar-refractivity contribution in [3.63, 3.8) is 0 Å². The number of pyridine rings is 1. The van der Waals surface area contributed by atoms with E-state index in [0.717, 1.165) is 53.0 Å². The number of aromatic nitrogens is 1. The van der Waals surface area contributed by atoms with Crippen LogP contribution in [0.4, 0.5) is 5.69 Å². The molecule has 0 saturated heterocycles. The maximum absolute atomic E-state index is 12.7. The molecule has 1 aliphatic rings. The number of nitrogens with zero attached hydrogens (tertiary/aromatic N) is 1. The van der Waals surface area contributed by atoms with Gasteiger partial charge in [-0.1, -0.05) is 48.5 Å². The van der Waals surface area contributed by atoms with Gasteiger partial charge >= 0.3 is 0 Å². The Kier molecular flexibility index (Phi) is 8.47. The molecule has 5 rings (SSSR count). The first-order valence-corrected chi connectivity index (χ1v) is 15.0. The van der Waals surface area contributed by atoms with Crippen molar-refractivity contribution < 1.29 is 17.9 Å². The average Bonchev–Trinajstić information content (AvgIpc) is 3.46. The maximum atomic E-state index is 12.7. The first kappa shape index (κ1) is 26.8. The van der Waals surface area contributed by atoms with Gasteiger partial charge in [-0.25, -0.2) is 8.42 Å². The third-order valence-corrected chi connectivity index (χ3v) is 8.42. The number of benzene rings is 3. The molecule has 1 unspecified atom stereocenters. The molecule has 0 aliphatic heterocycles. The van der Waals surface area contributed by atoms with Crippen LogP contribution in [0.5, 0.6) is 11.5 Å². The van der Waals surface area contributed by atoms with Crippen LogP contribution >= 0.6 is 0 Å². The van der Waals surface area contributed by atoms with E-state index in [1.807, 2.05) is 72.8 Å². The Labute approximate surface area is 231 Å². The van der Waals surface area contributed by atoms with Crippen LogP contribution in [0.25, 0.3) is 0 Å². The largest absolute Gasteiger partial charge is 0.493 e. The van der Waals surface area contributed by atoms with Crippen LogP contribution < -0.4 is 14.2 Å². The summed E-state index contributed by atoms with van der Waals surface area (Å²) in [4.78, 5) is 4.17. The molecule has 39 heavy (non-hydrogen) atoms. The van der Waals surface area contributed by atoms with Gasteiger partial charge in [0.25, 0.3) is 0 Å². The highest BCUT2D eigenvalue weighted by Crippen LogP contribution is 2.37. The van der Waals surface area contributed by atoms with Gasteiger partial charge in [0, 0.05) is 24.0 Å². The topological polar surface area (TPSA) is 77.5 Å². The fourth-order valence-corrected chi connectivity index (χ4v) is 6.36. The van der Waals surface area contributed by atoms with Crippen molar-refractivity contribution in [2.24, 2.45) is 0 Å². The highest BCUT2D eigenvalue weighted by molar-refractivity contribution is 7.91. The van der Waals surface area contributed by atoms with E-state index in [1.54, 1.807) is 19.5 Å². The van der Waals surface area contributed by atoms with Crippen molar-refractivity contribution in [3.8, 4) is 11.5 Å². The first-order valence-electron chi connectivity index (χ1n) is 13.4. The number of anilines is 1. The van der Waals surface area contributed by atoms with Crippen LogP contribution in [0.3, 0.4) is 0 Å². The van der Waals surface area contributed by atoms with Crippen LogP contribution in [0.1, 0.15) is 53.9 Å². The van der Waals surface area contributed by atoms with Crippen LogP contribution in [0, 0.1) is 0 Å². The maximum Gasteiger partial charge on any atom is 0.236 e. The van der Waals surface area contributed by atoms with E-state index in [0.29, 0.717) is 5.69 Å². The fourth-order valence-electron chi connectivity index (χ4n) is 5.16. The summed E-state index contributed by atoms with van der Waals surface area (Å²) in [7, 11) is -1.86. The zero-order valence-corrected chi connectivity index (χ0v) is 22.9. The number of ether oxygens (including phenoxy) is 2. The Morgan fingerprint density at radius 2 is 1.54 bits per heavy atom. The molecule has 4 aromatic rings. The highest BCUT2D eigenvalue weighted by atomic mass is 32.2. The second-order valence-corrected chi connectivity index (χ2v) is 11.7. The van der Waals surface area contributed by atoms with E-state index >= 15 is 0 Å². The van der Waals surface area contributed by atoms with E-state index in [4.69, 9.17) is 9.47 Å². The third-order valence-electron chi connectivity index (χ3n) is 7.16. The zero-order valence-electron chi connectivity index (χ0n) is 22.1. The number of nitrogens with one attached hydrogen (secondary N) is 1. The van der Waals surface area contributed by atoms with E-state index in [1.165, 1.54) is 12.8 Å². The molecule has 1 atom stereocenters. The lowest BCUT2D eigenvalue weighted by Crippen LogP contribution is -2.15. The van der Waals surface area contributed by atoms with Crippen molar-refractivity contribution in [1.29, 1.82) is 0 Å². The van der Waals surface area contributed by atoms with E-state index < -0.39 is 10.0 Å². The normalized spacial score (nSPS) is 14.6. The van der Waals surface area contributed by atoms with Gasteiger partial charge in [0.05, 0.1) is 19.0 Å². The van der Waals surface area contributed by atoms with Gasteiger partial charge in [0.15, 0.2) is 11.5 Å². The molecule has 1 fully saturated rings. The van der Waals surface area contributed by atoms with E-state index in [-0.39, 0.29) is 17.8 Å². The molecule has 0 bridgehead atoms. The molecule has 1 aliphatic carbocycles. The predicted octanol–water partition coefficient (Wildman–Crippen LogP) is 6.73. The van der Waals surface area contributed by atoms with Crippen molar-refractivity contribution in [2.75, 3.05) is 11.8 Å². The van der Waals surface area contributed by atoms with Crippen molar-refractivity contribution in [1.82, 2.24) is 4.98 Å². The number of hydrogen-bond donors (Lipinski definition) is 1. The van der Waals surface area contributed by atoms with Crippen molar-refractivity contribution in [2.45, 2.75) is 49.9 Å². The minimum Gasteiger partial charge on any atom is -0.493 e. The summed E-state index contributed by atoms with van der Waals surface area (Å²) in [5.74, 6) is 1.46. The Morgan fingerprint density at radius 1 is 0.846 bits per heavy atom. The molecule has 3 aromatic carbocycles. The summed E-state index contributed by atoms with van der Waals surface area (Å²) >= 11 is 0. The monoisotopic (exact) mass is 542 g/mol. The lowest BCUT2D eigenvalue weighted by atomic mass is 9.86. The Hall–Kier alpha value is -3.84. The first-order chi connectivity index (χ1) is 19.0. The summed E-state index contributed by atoms with van der Waals surface area (Å²) in [5, 5.41) is 0. The zero-order chi connectivity index (χ0) is 27.1. The molecule has 6 nitrogen and oxygen atoms in total. The van der Waals surface area contributed by atoms with Crippen LogP contribution in [0.2, 0.25) is 0 Å². The average molecular weight is 543 g/mol. The minimum atomic E-state index is -3.53. The summed E-state index contributed by atoms with van der Waals surface area (Å²) < 4.78 is 40.2. The van der Waals surface area contributed by atoms with Gasteiger partial charge in [0.2, 0.25) is 10.0 Å². The second kappa shape index (κ2) is 12.3. The standard InChI is InChI=1S/C32H34N2O4S/c1-37-31-16-13-27(22-32(31)38-29-9-5-6-10-29)30(21-24-17-19-33-20-18-24)26-11-14-28(15-12-26)34-39(35,36)23-25-7-3-2-4-8-25/h2-4,7-8,11-20,22,29-30,34H,5-6,9-10,21,23H2,1H3. The van der Waals surface area contributed by atoms with Gasteiger partial charge < -0.3 is 9.47 Å². The number of rotatable bonds is 11. The highest BCUT2D eigenvalue weighted by Gasteiger charge is 2.22. The summed E-state index contributed by atoms with van der Waals surface area (Å²) in [6.07, 6.45) is 9.11. The van der Waals surface area contributed by atoms with Gasteiger partial charge in [0.1, 0.15) is 0 Å². The Balaban J connectivity index is 1.41. The van der Waals surface area contributed by atoms with Gasteiger partial charge in [-0.15, -0.1) is 0 Å². The molecule has 0 radical (unpaired) electrons. The molecule has 1 heterocycles. The van der Waals surface area contributed by atoms with E-state index in [2.05, 4.69) is 21.8 Å². The molecule has 7 heteroatoms. The van der Waals surface area contributed by atoms with Crippen molar-refractivity contribution >= 4 is 15.7 Å². The summed E-state index contributed by atoms with van der Waals surface area (Å²) in [6, 6.07) is 27.0. The molecular formula is C32H34N2O4S. The number of methoxy groups -OCH3 is 1. The van der Waals surface area contributed by atoms with Crippen LogP contribution in [0.15, 0.2) is 97.3 Å². The van der Waals surface area contributed by atoms with E-state index in [9.17, 15) is 8.42 Å². The lowest BCUT2D eigenvalue weighted by molar-refractivity contribution is 0.200. The number of sulfonamides is 1. The quantitative estimate of drug-likeness (QED) is 0.227. The van der Waals surface area contributed by atoms with Gasteiger partial charge in [-0.3, -0.25) is 9.71 Å². The second-order valence-electron chi connectivity index (χ2n) is 10.0. The molecule has 0 spiro atoms. The molecule has 202 valence electrons. The fraction of sp³-hybridized carbons (Fsp3) is 0.281. The number of hydrogen-bond acceptors (Lipinski definition) is 5. The third kappa shape index (κ3) is 7.18. The molecule has 1 aromatic heterocycles. The molecule has 1 N–H and O–H groups in total.